The minimum atomic E-state index is -0.464. The molecule has 1 aromatic carbocycles. The monoisotopic (exact) mass is 468 g/mol. The smallest absolute Gasteiger partial charge is 0.355 e. The Hall–Kier alpha value is -3.33. The molecule has 174 valence electrons. The average Bonchev–Trinajstić information content (AvgIpc) is 3.30. The first-order valence-electron chi connectivity index (χ1n) is 10.6. The molecule has 0 spiro atoms. The number of rotatable bonds is 11. The number of hydrogen-bond donors (Lipinski definition) is 1. The number of H-pyrrole nitrogens is 1. The summed E-state index contributed by atoms with van der Waals surface area (Å²) in [6, 6.07) is 7.78. The Morgan fingerprint density at radius 3 is 2.73 bits per heavy atom. The van der Waals surface area contributed by atoms with E-state index in [0.29, 0.717) is 40.0 Å². The number of aromatic amines is 1. The second kappa shape index (κ2) is 11.0. The third-order valence-electron chi connectivity index (χ3n) is 4.99. The van der Waals surface area contributed by atoms with Crippen molar-refractivity contribution in [2.75, 3.05) is 12.4 Å². The van der Waals surface area contributed by atoms with E-state index in [1.54, 1.807) is 26.8 Å². The van der Waals surface area contributed by atoms with E-state index in [2.05, 4.69) is 21.8 Å². The summed E-state index contributed by atoms with van der Waals surface area (Å²) in [7, 11) is 0. The Morgan fingerprint density at radius 2 is 2.03 bits per heavy atom. The minimum absolute atomic E-state index is 0.104. The topological polar surface area (TPSA) is 99.1 Å². The molecule has 0 fully saturated rings. The number of nitrogens with one attached hydrogen (secondary N) is 1. The number of benzene rings is 1. The lowest BCUT2D eigenvalue weighted by molar-refractivity contribution is 0.0519. The lowest BCUT2D eigenvalue weighted by Gasteiger charge is -2.09. The van der Waals surface area contributed by atoms with E-state index in [4.69, 9.17) is 9.47 Å². The van der Waals surface area contributed by atoms with Crippen LogP contribution in [0.1, 0.15) is 50.4 Å². The summed E-state index contributed by atoms with van der Waals surface area (Å²) in [6.07, 6.45) is 1.75. The van der Waals surface area contributed by atoms with E-state index in [1.807, 2.05) is 35.8 Å². The van der Waals surface area contributed by atoms with Crippen LogP contribution in [0.2, 0.25) is 0 Å². The molecule has 0 aliphatic rings. The first-order valence-corrected chi connectivity index (χ1v) is 11.6. The van der Waals surface area contributed by atoms with Crippen molar-refractivity contribution < 1.29 is 19.1 Å². The standard InChI is InChI=1S/C24H28N4O4S/c1-6-11-28-20(13-32-18-10-8-9-15(3)12-18)26-27-24(28)33-14-19(29)21-16(4)22(25-17(21)5)23(30)31-7-2/h6,8-10,12,25H,1,7,11,13-14H2,2-5H3. The number of Topliss-reactive ketones (excluding diaryl/α,β-unsaturated/α-hetero) is 1. The van der Waals surface area contributed by atoms with E-state index < -0.39 is 5.97 Å². The molecule has 1 N–H and O–H groups in total. The molecule has 0 unspecified atom stereocenters. The van der Waals surface area contributed by atoms with Crippen LogP contribution >= 0.6 is 11.8 Å². The van der Waals surface area contributed by atoms with Crippen molar-refractivity contribution in [1.29, 1.82) is 0 Å². The van der Waals surface area contributed by atoms with E-state index in [0.717, 1.165) is 11.3 Å². The van der Waals surface area contributed by atoms with E-state index in [-0.39, 0.29) is 24.7 Å². The highest BCUT2D eigenvalue weighted by atomic mass is 32.2. The largest absolute Gasteiger partial charge is 0.486 e. The van der Waals surface area contributed by atoms with Gasteiger partial charge in [-0.2, -0.15) is 0 Å². The highest BCUT2D eigenvalue weighted by Crippen LogP contribution is 2.24. The van der Waals surface area contributed by atoms with E-state index >= 15 is 0 Å². The lowest BCUT2D eigenvalue weighted by Crippen LogP contribution is -2.10. The Morgan fingerprint density at radius 1 is 1.24 bits per heavy atom. The number of carbonyl (C=O) groups excluding carboxylic acids is 2. The number of carbonyl (C=O) groups is 2. The molecule has 0 radical (unpaired) electrons. The molecule has 0 atom stereocenters. The van der Waals surface area contributed by atoms with Gasteiger partial charge in [-0.15, -0.1) is 16.8 Å². The maximum atomic E-state index is 13.0. The molecule has 3 rings (SSSR count). The van der Waals surface area contributed by atoms with Gasteiger partial charge >= 0.3 is 5.97 Å². The number of aryl methyl sites for hydroxylation is 2. The van der Waals surface area contributed by atoms with Crippen molar-refractivity contribution in [3.05, 3.63) is 70.8 Å². The van der Waals surface area contributed by atoms with E-state index in [9.17, 15) is 9.59 Å². The van der Waals surface area contributed by atoms with Gasteiger partial charge in [0.25, 0.3) is 0 Å². The molecule has 8 nitrogen and oxygen atoms in total. The number of hydrogen-bond acceptors (Lipinski definition) is 7. The summed E-state index contributed by atoms with van der Waals surface area (Å²) >= 11 is 1.29. The second-order valence-corrected chi connectivity index (χ2v) is 8.40. The Kier molecular flexibility index (Phi) is 8.11. The molecule has 0 amide bonds. The van der Waals surface area contributed by atoms with Crippen molar-refractivity contribution in [2.24, 2.45) is 0 Å². The summed E-state index contributed by atoms with van der Waals surface area (Å²) in [5, 5.41) is 9.09. The van der Waals surface area contributed by atoms with Gasteiger partial charge in [0.05, 0.1) is 12.4 Å². The number of aromatic nitrogens is 4. The Balaban J connectivity index is 1.71. The number of nitrogens with zero attached hydrogens (tertiary/aromatic N) is 3. The summed E-state index contributed by atoms with van der Waals surface area (Å²) in [5.41, 5.74) is 3.16. The lowest BCUT2D eigenvalue weighted by atomic mass is 10.1. The van der Waals surface area contributed by atoms with Crippen molar-refractivity contribution in [1.82, 2.24) is 19.7 Å². The zero-order chi connectivity index (χ0) is 24.0. The van der Waals surface area contributed by atoms with Crippen LogP contribution in [0.25, 0.3) is 0 Å². The van der Waals surface area contributed by atoms with Gasteiger partial charge in [0, 0.05) is 17.8 Å². The first-order chi connectivity index (χ1) is 15.8. The Labute approximate surface area is 197 Å². The molecular weight excluding hydrogens is 440 g/mol. The van der Waals surface area contributed by atoms with Gasteiger partial charge in [-0.05, 0) is 51.0 Å². The number of allylic oxidation sites excluding steroid dienone is 1. The molecule has 9 heteroatoms. The normalized spacial score (nSPS) is 10.8. The van der Waals surface area contributed by atoms with Crippen molar-refractivity contribution in [3.8, 4) is 5.75 Å². The number of esters is 1. The number of ether oxygens (including phenoxy) is 2. The zero-order valence-electron chi connectivity index (χ0n) is 19.3. The molecule has 2 heterocycles. The molecular formula is C24H28N4O4S. The Bertz CT molecular complexity index is 1170. The fourth-order valence-corrected chi connectivity index (χ4v) is 4.31. The third-order valence-corrected chi connectivity index (χ3v) is 5.96. The quantitative estimate of drug-likeness (QED) is 0.192. The molecule has 0 bridgehead atoms. The summed E-state index contributed by atoms with van der Waals surface area (Å²) in [4.78, 5) is 28.1. The van der Waals surface area contributed by atoms with Crippen LogP contribution in [-0.4, -0.2) is 43.9 Å². The summed E-state index contributed by atoms with van der Waals surface area (Å²) < 4.78 is 12.8. The number of ketones is 1. The predicted octanol–water partition coefficient (Wildman–Crippen LogP) is 4.45. The van der Waals surface area contributed by atoms with Crippen LogP contribution in [0.15, 0.2) is 42.1 Å². The minimum Gasteiger partial charge on any atom is -0.486 e. The van der Waals surface area contributed by atoms with Gasteiger partial charge < -0.3 is 14.5 Å². The molecule has 3 aromatic rings. The molecule has 2 aromatic heterocycles. The van der Waals surface area contributed by atoms with Crippen LogP contribution in [0.5, 0.6) is 5.75 Å². The van der Waals surface area contributed by atoms with Crippen LogP contribution in [0.3, 0.4) is 0 Å². The van der Waals surface area contributed by atoms with Gasteiger partial charge in [-0.1, -0.05) is 30.0 Å². The maximum absolute atomic E-state index is 13.0. The maximum Gasteiger partial charge on any atom is 0.355 e. The fraction of sp³-hybridized carbons (Fsp3) is 0.333. The van der Waals surface area contributed by atoms with Crippen molar-refractivity contribution in [3.63, 3.8) is 0 Å². The molecule has 0 saturated heterocycles. The van der Waals surface area contributed by atoms with Crippen molar-refractivity contribution in [2.45, 2.75) is 46.0 Å². The van der Waals surface area contributed by atoms with Gasteiger partial charge in [-0.25, -0.2) is 4.79 Å². The van der Waals surface area contributed by atoms with Gasteiger partial charge in [-0.3, -0.25) is 9.36 Å². The molecule has 33 heavy (non-hydrogen) atoms. The van der Waals surface area contributed by atoms with Gasteiger partial charge in [0.1, 0.15) is 18.1 Å². The van der Waals surface area contributed by atoms with Gasteiger partial charge in [0.15, 0.2) is 16.8 Å². The van der Waals surface area contributed by atoms with Crippen LogP contribution < -0.4 is 4.74 Å². The highest BCUT2D eigenvalue weighted by molar-refractivity contribution is 7.99. The SMILES string of the molecule is C=CCn1c(COc2cccc(C)c2)nnc1SCC(=O)c1c(C)[nH]c(C(=O)OCC)c1C. The second-order valence-electron chi connectivity index (χ2n) is 7.46. The summed E-state index contributed by atoms with van der Waals surface area (Å²) in [6.45, 7) is 12.1. The fourth-order valence-electron chi connectivity index (χ4n) is 3.48. The molecule has 0 aliphatic carbocycles. The summed E-state index contributed by atoms with van der Waals surface area (Å²) in [5.74, 6) is 0.977. The molecule has 0 aliphatic heterocycles. The third kappa shape index (κ3) is 5.73. The van der Waals surface area contributed by atoms with Gasteiger partial charge in [0.2, 0.25) is 0 Å². The van der Waals surface area contributed by atoms with Crippen LogP contribution in [0.4, 0.5) is 0 Å². The van der Waals surface area contributed by atoms with E-state index in [1.165, 1.54) is 11.8 Å². The zero-order valence-corrected chi connectivity index (χ0v) is 20.1. The van der Waals surface area contributed by atoms with Crippen LogP contribution in [0, 0.1) is 20.8 Å². The number of thioether (sulfide) groups is 1. The predicted molar refractivity (Wildman–Crippen MR) is 127 cm³/mol. The highest BCUT2D eigenvalue weighted by Gasteiger charge is 2.23. The molecule has 0 saturated carbocycles. The average molecular weight is 469 g/mol. The first kappa shape index (κ1) is 24.3. The van der Waals surface area contributed by atoms with Crippen LogP contribution in [-0.2, 0) is 17.9 Å². The van der Waals surface area contributed by atoms with Crippen molar-refractivity contribution >= 4 is 23.5 Å².